The van der Waals surface area contributed by atoms with Crippen LogP contribution in [0.15, 0.2) is 16.8 Å². The molecule has 74 valence electrons. The molecule has 0 radical (unpaired) electrons. The Labute approximate surface area is 80.7 Å². The maximum absolute atomic E-state index is 5.61. The first-order valence-electron chi connectivity index (χ1n) is 4.26. The Bertz CT molecular complexity index is 430. The van der Waals surface area contributed by atoms with Crippen LogP contribution in [0.5, 0.6) is 0 Å². The van der Waals surface area contributed by atoms with E-state index < -0.39 is 0 Å². The first kappa shape index (κ1) is 8.89. The smallest absolute Gasteiger partial charge is 0.276 e. The number of nitrogens with zero attached hydrogens (tertiary/aromatic N) is 4. The van der Waals surface area contributed by atoms with Crippen LogP contribution >= 0.6 is 0 Å². The van der Waals surface area contributed by atoms with E-state index in [0.29, 0.717) is 11.7 Å². The van der Waals surface area contributed by atoms with E-state index in [4.69, 9.17) is 10.3 Å². The van der Waals surface area contributed by atoms with Crippen molar-refractivity contribution in [2.24, 2.45) is 12.8 Å². The topological polar surface area (TPSA) is 82.8 Å². The molecule has 0 amide bonds. The second-order valence-corrected chi connectivity index (χ2v) is 3.09. The lowest BCUT2D eigenvalue weighted by molar-refractivity contribution is 0.415. The van der Waals surface area contributed by atoms with Crippen LogP contribution in [0.1, 0.15) is 18.8 Å². The second kappa shape index (κ2) is 3.22. The number of rotatable bonds is 2. The van der Waals surface area contributed by atoms with Gasteiger partial charge in [0.05, 0.1) is 6.04 Å². The van der Waals surface area contributed by atoms with E-state index in [1.54, 1.807) is 23.9 Å². The quantitative estimate of drug-likeness (QED) is 0.750. The van der Waals surface area contributed by atoms with Gasteiger partial charge in [-0.15, -0.1) is 0 Å². The zero-order chi connectivity index (χ0) is 10.1. The molecule has 0 aliphatic heterocycles. The predicted octanol–water partition coefficient (Wildman–Crippen LogP) is 0.490. The maximum Gasteiger partial charge on any atom is 0.276 e. The molecule has 2 N–H and O–H groups in total. The Balaban J connectivity index is 2.39. The van der Waals surface area contributed by atoms with E-state index in [-0.39, 0.29) is 6.04 Å². The molecule has 0 saturated carbocycles. The molecule has 0 aliphatic carbocycles. The van der Waals surface area contributed by atoms with Gasteiger partial charge in [0.25, 0.3) is 5.89 Å². The fourth-order valence-electron chi connectivity index (χ4n) is 1.11. The van der Waals surface area contributed by atoms with Crippen molar-refractivity contribution in [3.8, 4) is 11.6 Å². The summed E-state index contributed by atoms with van der Waals surface area (Å²) in [4.78, 5) is 4.15. The molecule has 14 heavy (non-hydrogen) atoms. The summed E-state index contributed by atoms with van der Waals surface area (Å²) in [5, 5.41) is 7.77. The van der Waals surface area contributed by atoms with E-state index in [9.17, 15) is 0 Å². The fourth-order valence-corrected chi connectivity index (χ4v) is 1.11. The SMILES string of the molecule is CC(N)c1noc(-c2ccnn2C)n1. The highest BCUT2D eigenvalue weighted by molar-refractivity contribution is 5.45. The van der Waals surface area contributed by atoms with Crippen LogP contribution in [0.3, 0.4) is 0 Å². The lowest BCUT2D eigenvalue weighted by atomic mass is 10.3. The van der Waals surface area contributed by atoms with Crippen LogP contribution in [0, 0.1) is 0 Å². The summed E-state index contributed by atoms with van der Waals surface area (Å²) in [6.45, 7) is 1.80. The van der Waals surface area contributed by atoms with Crippen molar-refractivity contribution in [2.75, 3.05) is 0 Å². The van der Waals surface area contributed by atoms with Crippen molar-refractivity contribution < 1.29 is 4.52 Å². The molecule has 0 fully saturated rings. The molecule has 1 unspecified atom stereocenters. The number of aryl methyl sites for hydroxylation is 1. The number of aromatic nitrogens is 4. The van der Waals surface area contributed by atoms with Crippen molar-refractivity contribution in [3.63, 3.8) is 0 Å². The zero-order valence-electron chi connectivity index (χ0n) is 8.01. The van der Waals surface area contributed by atoms with Crippen molar-refractivity contribution in [2.45, 2.75) is 13.0 Å². The molecule has 6 heteroatoms. The molecular weight excluding hydrogens is 182 g/mol. The molecular formula is C8H11N5O. The van der Waals surface area contributed by atoms with Crippen LogP contribution in [0.4, 0.5) is 0 Å². The minimum atomic E-state index is -0.222. The van der Waals surface area contributed by atoms with E-state index >= 15 is 0 Å². The van der Waals surface area contributed by atoms with Crippen LogP contribution in [0.25, 0.3) is 11.6 Å². The highest BCUT2D eigenvalue weighted by Crippen LogP contribution is 2.16. The molecule has 1 atom stereocenters. The molecule has 2 rings (SSSR count). The Morgan fingerprint density at radius 2 is 2.36 bits per heavy atom. The van der Waals surface area contributed by atoms with E-state index in [2.05, 4.69) is 15.2 Å². The number of nitrogens with two attached hydrogens (primary N) is 1. The third kappa shape index (κ3) is 1.39. The van der Waals surface area contributed by atoms with Crippen molar-refractivity contribution in [3.05, 3.63) is 18.1 Å². The van der Waals surface area contributed by atoms with Crippen LogP contribution < -0.4 is 5.73 Å². The fraction of sp³-hybridized carbons (Fsp3) is 0.375. The van der Waals surface area contributed by atoms with Gasteiger partial charge in [0.15, 0.2) is 5.82 Å². The van der Waals surface area contributed by atoms with Crippen molar-refractivity contribution in [1.82, 2.24) is 19.9 Å². The number of hydrogen-bond acceptors (Lipinski definition) is 5. The Morgan fingerprint density at radius 3 is 2.86 bits per heavy atom. The summed E-state index contributed by atoms with van der Waals surface area (Å²) in [5.74, 6) is 0.943. The van der Waals surface area contributed by atoms with Crippen LogP contribution in [-0.2, 0) is 7.05 Å². The third-order valence-electron chi connectivity index (χ3n) is 1.89. The van der Waals surface area contributed by atoms with Gasteiger partial charge in [-0.2, -0.15) is 10.1 Å². The highest BCUT2D eigenvalue weighted by Gasteiger charge is 2.13. The van der Waals surface area contributed by atoms with Gasteiger partial charge in [0.1, 0.15) is 5.69 Å². The van der Waals surface area contributed by atoms with Gasteiger partial charge in [-0.3, -0.25) is 4.68 Å². The molecule has 6 nitrogen and oxygen atoms in total. The Hall–Kier alpha value is -1.69. The monoisotopic (exact) mass is 193 g/mol. The summed E-state index contributed by atoms with van der Waals surface area (Å²) in [5.41, 5.74) is 6.39. The molecule has 0 spiro atoms. The van der Waals surface area contributed by atoms with Gasteiger partial charge in [0, 0.05) is 13.2 Å². The largest absolute Gasteiger partial charge is 0.332 e. The highest BCUT2D eigenvalue weighted by atomic mass is 16.5. The first-order chi connectivity index (χ1) is 6.68. The maximum atomic E-state index is 5.61. The zero-order valence-corrected chi connectivity index (χ0v) is 8.01. The third-order valence-corrected chi connectivity index (χ3v) is 1.89. The summed E-state index contributed by atoms with van der Waals surface area (Å²) in [6.07, 6.45) is 1.67. The second-order valence-electron chi connectivity index (χ2n) is 3.09. The van der Waals surface area contributed by atoms with Crippen LogP contribution in [0.2, 0.25) is 0 Å². The summed E-state index contributed by atoms with van der Waals surface area (Å²) in [7, 11) is 1.81. The normalized spacial score (nSPS) is 13.1. The minimum Gasteiger partial charge on any atom is -0.332 e. The number of hydrogen-bond donors (Lipinski definition) is 1. The van der Waals surface area contributed by atoms with E-state index in [1.165, 1.54) is 0 Å². The molecule has 2 aromatic heterocycles. The van der Waals surface area contributed by atoms with Gasteiger partial charge in [0.2, 0.25) is 0 Å². The van der Waals surface area contributed by atoms with E-state index in [0.717, 1.165) is 5.69 Å². The molecule has 2 aromatic rings. The van der Waals surface area contributed by atoms with Gasteiger partial charge >= 0.3 is 0 Å². The molecule has 2 heterocycles. The molecule has 0 aromatic carbocycles. The average Bonchev–Trinajstić information content (AvgIpc) is 2.71. The minimum absolute atomic E-state index is 0.222. The van der Waals surface area contributed by atoms with Crippen LogP contribution in [-0.4, -0.2) is 19.9 Å². The first-order valence-corrected chi connectivity index (χ1v) is 4.26. The van der Waals surface area contributed by atoms with E-state index in [1.807, 2.05) is 7.05 Å². The predicted molar refractivity (Wildman–Crippen MR) is 49.1 cm³/mol. The lowest BCUT2D eigenvalue weighted by Gasteiger charge is -1.94. The average molecular weight is 193 g/mol. The van der Waals surface area contributed by atoms with Gasteiger partial charge in [-0.05, 0) is 13.0 Å². The lowest BCUT2D eigenvalue weighted by Crippen LogP contribution is -2.06. The standard InChI is InChI=1S/C8H11N5O/c1-5(9)7-11-8(14-12-7)6-3-4-10-13(6)2/h3-5H,9H2,1-2H3. The molecule has 0 saturated heterocycles. The summed E-state index contributed by atoms with van der Waals surface area (Å²) >= 11 is 0. The van der Waals surface area contributed by atoms with Gasteiger partial charge in [-0.25, -0.2) is 0 Å². The molecule has 0 aliphatic rings. The summed E-state index contributed by atoms with van der Waals surface area (Å²) < 4.78 is 6.71. The Kier molecular flexibility index (Phi) is 2.05. The van der Waals surface area contributed by atoms with Gasteiger partial charge < -0.3 is 10.3 Å². The Morgan fingerprint density at radius 1 is 1.57 bits per heavy atom. The van der Waals surface area contributed by atoms with Crippen molar-refractivity contribution >= 4 is 0 Å². The summed E-state index contributed by atoms with van der Waals surface area (Å²) in [6, 6.07) is 1.58. The molecule has 0 bridgehead atoms. The van der Waals surface area contributed by atoms with Gasteiger partial charge in [-0.1, -0.05) is 5.16 Å². The van der Waals surface area contributed by atoms with Crippen molar-refractivity contribution in [1.29, 1.82) is 0 Å².